The maximum atomic E-state index is 10.7. The molecule has 0 heterocycles. The molecule has 0 aromatic heterocycles. The van der Waals surface area contributed by atoms with Gasteiger partial charge in [0.25, 0.3) is 0 Å². The minimum atomic E-state index is -4.08. The van der Waals surface area contributed by atoms with E-state index in [9.17, 15) is 13.0 Å². The third-order valence-electron chi connectivity index (χ3n) is 3.51. The Morgan fingerprint density at radius 3 is 1.55 bits per heavy atom. The Balaban J connectivity index is 0. The van der Waals surface area contributed by atoms with Crippen molar-refractivity contribution in [2.24, 2.45) is 0 Å². The molecule has 6 heteroatoms. The zero-order valence-electron chi connectivity index (χ0n) is 13.1. The van der Waals surface area contributed by atoms with Gasteiger partial charge in [-0.05, 0) is 19.8 Å². The van der Waals surface area contributed by atoms with Gasteiger partial charge in [-0.2, -0.15) is 0 Å². The quantitative estimate of drug-likeness (QED) is 0.297. The van der Waals surface area contributed by atoms with Gasteiger partial charge in [-0.3, -0.25) is 0 Å². The Morgan fingerprint density at radius 1 is 0.850 bits per heavy atom. The summed E-state index contributed by atoms with van der Waals surface area (Å²) in [6.07, 6.45) is 11.6. The van der Waals surface area contributed by atoms with Gasteiger partial charge in [0, 0.05) is 11.9 Å². The standard InChI is InChI=1S/C14H30O4S.K/c1-14(19(16,17)18)12-10-8-6-4-2-3-5-7-9-11-13-15;/h14-15H,2-13H2,1H3,(H,16,17,18);/q;+1/p-1. The van der Waals surface area contributed by atoms with Crippen molar-refractivity contribution in [1.82, 2.24) is 0 Å². The maximum absolute atomic E-state index is 10.7. The third-order valence-corrected chi connectivity index (χ3v) is 4.73. The second-order valence-corrected chi connectivity index (χ2v) is 7.14. The second-order valence-electron chi connectivity index (χ2n) is 5.35. The molecule has 0 aliphatic heterocycles. The summed E-state index contributed by atoms with van der Waals surface area (Å²) in [6.45, 7) is 1.80. The summed E-state index contributed by atoms with van der Waals surface area (Å²) in [5.74, 6) is 0. The SMILES string of the molecule is CC(CCCCCCCCCCCCO)S(=O)(=O)[O-].[K+]. The van der Waals surface area contributed by atoms with Crippen LogP contribution in [0.1, 0.15) is 77.6 Å². The van der Waals surface area contributed by atoms with Crippen LogP contribution in [0.5, 0.6) is 0 Å². The van der Waals surface area contributed by atoms with E-state index in [1.165, 1.54) is 39.0 Å². The van der Waals surface area contributed by atoms with Crippen molar-refractivity contribution < 1.29 is 69.5 Å². The molecule has 0 aliphatic carbocycles. The van der Waals surface area contributed by atoms with Crippen LogP contribution in [-0.2, 0) is 10.1 Å². The normalized spacial score (nSPS) is 12.9. The fourth-order valence-corrected chi connectivity index (χ4v) is 2.56. The topological polar surface area (TPSA) is 77.4 Å². The van der Waals surface area contributed by atoms with E-state index in [4.69, 9.17) is 5.11 Å². The number of hydrogen-bond donors (Lipinski definition) is 1. The van der Waals surface area contributed by atoms with Crippen LogP contribution in [0, 0.1) is 0 Å². The number of unbranched alkanes of at least 4 members (excludes halogenated alkanes) is 9. The van der Waals surface area contributed by atoms with Crippen LogP contribution in [0.4, 0.5) is 0 Å². The molecule has 1 unspecified atom stereocenters. The molecular formula is C14H29KO4S. The zero-order chi connectivity index (χ0) is 14.6. The maximum Gasteiger partial charge on any atom is 1.00 e. The largest absolute Gasteiger partial charge is 1.00 e. The van der Waals surface area contributed by atoms with Crippen molar-refractivity contribution in [3.05, 3.63) is 0 Å². The third kappa shape index (κ3) is 15.9. The number of aliphatic hydroxyl groups is 1. The van der Waals surface area contributed by atoms with E-state index < -0.39 is 15.4 Å². The Hall–Kier alpha value is 1.51. The van der Waals surface area contributed by atoms with Crippen molar-refractivity contribution in [3.8, 4) is 0 Å². The molecule has 116 valence electrons. The van der Waals surface area contributed by atoms with E-state index in [2.05, 4.69) is 0 Å². The Morgan fingerprint density at radius 2 is 1.20 bits per heavy atom. The molecule has 0 aromatic rings. The van der Waals surface area contributed by atoms with Gasteiger partial charge < -0.3 is 9.66 Å². The van der Waals surface area contributed by atoms with Crippen LogP contribution >= 0.6 is 0 Å². The molecule has 1 atom stereocenters. The van der Waals surface area contributed by atoms with Crippen LogP contribution in [0.2, 0.25) is 0 Å². The van der Waals surface area contributed by atoms with Crippen LogP contribution in [0.3, 0.4) is 0 Å². The average Bonchev–Trinajstić information content (AvgIpc) is 2.34. The molecule has 0 amide bonds. The molecule has 0 spiro atoms. The molecule has 0 radical (unpaired) electrons. The van der Waals surface area contributed by atoms with E-state index in [0.29, 0.717) is 13.0 Å². The molecule has 0 aliphatic rings. The molecule has 0 rings (SSSR count). The fourth-order valence-electron chi connectivity index (χ4n) is 2.10. The summed E-state index contributed by atoms with van der Waals surface area (Å²) in [5.41, 5.74) is 0. The molecular weight excluding hydrogens is 303 g/mol. The van der Waals surface area contributed by atoms with Gasteiger partial charge in [-0.1, -0.05) is 57.8 Å². The number of rotatable bonds is 13. The molecule has 0 bridgehead atoms. The van der Waals surface area contributed by atoms with Crippen molar-refractivity contribution in [2.45, 2.75) is 82.8 Å². The van der Waals surface area contributed by atoms with E-state index in [1.54, 1.807) is 0 Å². The predicted molar refractivity (Wildman–Crippen MR) is 77.0 cm³/mol. The summed E-state index contributed by atoms with van der Waals surface area (Å²) < 4.78 is 32.0. The smallest absolute Gasteiger partial charge is 0.748 e. The molecule has 0 fully saturated rings. The van der Waals surface area contributed by atoms with E-state index >= 15 is 0 Å². The number of hydrogen-bond acceptors (Lipinski definition) is 4. The monoisotopic (exact) mass is 332 g/mol. The molecule has 0 aromatic carbocycles. The molecule has 4 nitrogen and oxygen atoms in total. The van der Waals surface area contributed by atoms with E-state index in [0.717, 1.165) is 32.1 Å². The summed E-state index contributed by atoms with van der Waals surface area (Å²) in [7, 11) is -4.08. The predicted octanol–water partition coefficient (Wildman–Crippen LogP) is 0.208. The van der Waals surface area contributed by atoms with Gasteiger partial charge in [0.2, 0.25) is 0 Å². The summed E-state index contributed by atoms with van der Waals surface area (Å²) >= 11 is 0. The molecule has 20 heavy (non-hydrogen) atoms. The zero-order valence-corrected chi connectivity index (χ0v) is 17.1. The average molecular weight is 333 g/mol. The summed E-state index contributed by atoms with van der Waals surface area (Å²) in [6, 6.07) is 0. The first-order valence-corrected chi connectivity index (χ1v) is 9.01. The number of aliphatic hydroxyl groups excluding tert-OH is 1. The van der Waals surface area contributed by atoms with Gasteiger partial charge in [0.05, 0.1) is 10.1 Å². The van der Waals surface area contributed by atoms with Gasteiger partial charge in [-0.25, -0.2) is 8.42 Å². The van der Waals surface area contributed by atoms with Gasteiger partial charge in [-0.15, -0.1) is 0 Å². The Kier molecular flexibility index (Phi) is 18.3. The first-order chi connectivity index (χ1) is 8.98. The van der Waals surface area contributed by atoms with E-state index in [-0.39, 0.29) is 51.4 Å². The van der Waals surface area contributed by atoms with Crippen molar-refractivity contribution in [3.63, 3.8) is 0 Å². The van der Waals surface area contributed by atoms with Gasteiger partial charge in [0.15, 0.2) is 0 Å². The molecule has 0 saturated carbocycles. The van der Waals surface area contributed by atoms with Gasteiger partial charge in [0.1, 0.15) is 0 Å². The first kappa shape index (κ1) is 23.8. The first-order valence-electron chi connectivity index (χ1n) is 7.54. The molecule has 1 N–H and O–H groups in total. The Bertz CT molecular complexity index is 294. The Labute approximate surface area is 167 Å². The van der Waals surface area contributed by atoms with Crippen molar-refractivity contribution in [2.75, 3.05) is 6.61 Å². The second kappa shape index (κ2) is 15.4. The summed E-state index contributed by atoms with van der Waals surface area (Å²) in [4.78, 5) is 0. The minimum absolute atomic E-state index is 0. The van der Waals surface area contributed by atoms with Crippen LogP contribution in [-0.4, -0.2) is 29.9 Å². The fraction of sp³-hybridized carbons (Fsp3) is 1.00. The van der Waals surface area contributed by atoms with Gasteiger partial charge >= 0.3 is 51.4 Å². The summed E-state index contributed by atoms with van der Waals surface area (Å²) in [5, 5.41) is 7.88. The van der Waals surface area contributed by atoms with Crippen LogP contribution in [0.15, 0.2) is 0 Å². The van der Waals surface area contributed by atoms with Crippen molar-refractivity contribution >= 4 is 10.1 Å². The molecule has 0 saturated heterocycles. The minimum Gasteiger partial charge on any atom is -0.748 e. The van der Waals surface area contributed by atoms with Crippen LogP contribution in [0.25, 0.3) is 0 Å². The van der Waals surface area contributed by atoms with Crippen LogP contribution < -0.4 is 51.4 Å². The van der Waals surface area contributed by atoms with E-state index in [1.807, 2.05) is 0 Å². The van der Waals surface area contributed by atoms with Crippen molar-refractivity contribution in [1.29, 1.82) is 0 Å².